The minimum absolute atomic E-state index is 0.00246. The summed E-state index contributed by atoms with van der Waals surface area (Å²) in [5.74, 6) is -0.164. The zero-order chi connectivity index (χ0) is 43.4. The van der Waals surface area contributed by atoms with Crippen LogP contribution in [0, 0.1) is 0 Å². The highest BCUT2D eigenvalue weighted by molar-refractivity contribution is 5.93. The van der Waals surface area contributed by atoms with Crippen LogP contribution in [0.1, 0.15) is 47.6 Å². The number of H-pyrrole nitrogens is 1. The van der Waals surface area contributed by atoms with Crippen LogP contribution in [0.4, 0.5) is 16.2 Å². The molecular weight excluding hydrogens is 785 g/mol. The predicted octanol–water partition coefficient (Wildman–Crippen LogP) is 6.65. The molecule has 6 aromatic rings. The van der Waals surface area contributed by atoms with Crippen molar-refractivity contribution in [2.24, 2.45) is 0 Å². The van der Waals surface area contributed by atoms with Crippen LogP contribution in [0.3, 0.4) is 0 Å². The summed E-state index contributed by atoms with van der Waals surface area (Å²) in [7, 11) is 1.77. The Kier molecular flexibility index (Phi) is 14.4. The Morgan fingerprint density at radius 1 is 0.823 bits per heavy atom. The lowest BCUT2D eigenvalue weighted by molar-refractivity contribution is -0.120. The zero-order valence-electron chi connectivity index (χ0n) is 34.7. The van der Waals surface area contributed by atoms with Gasteiger partial charge in [-0.3, -0.25) is 19.7 Å². The fourth-order valence-electron chi connectivity index (χ4n) is 7.64. The van der Waals surface area contributed by atoms with Crippen LogP contribution in [0.5, 0.6) is 5.75 Å². The van der Waals surface area contributed by atoms with Crippen molar-refractivity contribution in [2.45, 2.75) is 51.0 Å². The molecule has 13 heteroatoms. The first-order chi connectivity index (χ1) is 30.1. The van der Waals surface area contributed by atoms with E-state index >= 15 is 0 Å². The summed E-state index contributed by atoms with van der Waals surface area (Å²) >= 11 is 0. The van der Waals surface area contributed by atoms with E-state index in [0.29, 0.717) is 61.1 Å². The van der Waals surface area contributed by atoms with Gasteiger partial charge in [0.25, 0.3) is 0 Å². The Labute approximate surface area is 360 Å². The highest BCUT2D eigenvalue weighted by atomic mass is 16.6. The van der Waals surface area contributed by atoms with Crippen LogP contribution in [-0.4, -0.2) is 77.3 Å². The van der Waals surface area contributed by atoms with Gasteiger partial charge >= 0.3 is 6.09 Å². The number of likely N-dealkylation sites (tertiary alicyclic amines) is 1. The standard InChI is InChI=1S/C49H52N6O7/c1-54(47(60)25-28-55-26-23-38(24-27-55)62-49(61)52-42-10-6-5-9-39(42)36-7-3-2-4-8-36)37-17-15-35(16-18-37)31-51-46(59)29-33-11-13-34(14-12-33)30-50-32-44(57)40-19-21-43(56)48-41(40)20-22-45(58)53-48/h2-22,38,44,50,56-57H,23-32H2,1H3,(H,51,59)(H,52,61)(H,53,58)/t44-/m0/s1. The van der Waals surface area contributed by atoms with Gasteiger partial charge in [0, 0.05) is 75.4 Å². The van der Waals surface area contributed by atoms with Gasteiger partial charge in [-0.1, -0.05) is 91.0 Å². The van der Waals surface area contributed by atoms with Crippen molar-refractivity contribution >= 4 is 40.2 Å². The third kappa shape index (κ3) is 11.5. The van der Waals surface area contributed by atoms with Crippen LogP contribution < -0.4 is 26.4 Å². The molecule has 5 aromatic carbocycles. The fourth-order valence-corrected chi connectivity index (χ4v) is 7.64. The van der Waals surface area contributed by atoms with E-state index in [2.05, 4.69) is 25.8 Å². The number of hydrogen-bond donors (Lipinski definition) is 6. The number of aliphatic hydroxyl groups is 1. The van der Waals surface area contributed by atoms with Crippen LogP contribution in [0.2, 0.25) is 0 Å². The molecule has 320 valence electrons. The molecule has 0 spiro atoms. The number of fused-ring (bicyclic) bond motifs is 1. The highest BCUT2D eigenvalue weighted by Gasteiger charge is 2.24. The second-order valence-corrected chi connectivity index (χ2v) is 15.6. The van der Waals surface area contributed by atoms with Gasteiger partial charge in [0.05, 0.1) is 23.7 Å². The maximum Gasteiger partial charge on any atom is 0.411 e. The smallest absolute Gasteiger partial charge is 0.411 e. The third-order valence-corrected chi connectivity index (χ3v) is 11.2. The van der Waals surface area contributed by atoms with Gasteiger partial charge in [-0.15, -0.1) is 0 Å². The first kappa shape index (κ1) is 43.3. The zero-order valence-corrected chi connectivity index (χ0v) is 34.7. The molecule has 1 aliphatic rings. The number of para-hydroxylation sites is 1. The number of aromatic amines is 1. The number of carbonyl (C=O) groups is 3. The van der Waals surface area contributed by atoms with Gasteiger partial charge in [0.2, 0.25) is 17.4 Å². The number of hydrogen-bond acceptors (Lipinski definition) is 9. The number of ether oxygens (including phenoxy) is 1. The number of benzene rings is 5. The third-order valence-electron chi connectivity index (χ3n) is 11.2. The number of carbonyl (C=O) groups excluding carboxylic acids is 3. The maximum absolute atomic E-state index is 13.1. The minimum Gasteiger partial charge on any atom is -0.506 e. The van der Waals surface area contributed by atoms with Crippen molar-refractivity contribution < 1.29 is 29.3 Å². The Bertz CT molecular complexity index is 2520. The molecule has 3 amide bonds. The Morgan fingerprint density at radius 2 is 1.50 bits per heavy atom. The Morgan fingerprint density at radius 3 is 2.26 bits per heavy atom. The summed E-state index contributed by atoms with van der Waals surface area (Å²) in [6.45, 7) is 3.20. The van der Waals surface area contributed by atoms with Crippen molar-refractivity contribution in [3.05, 3.63) is 160 Å². The molecule has 2 heterocycles. The Balaban J connectivity index is 0.776. The van der Waals surface area contributed by atoms with Crippen molar-refractivity contribution in [3.63, 3.8) is 0 Å². The van der Waals surface area contributed by atoms with Crippen LogP contribution in [0.25, 0.3) is 22.0 Å². The van der Waals surface area contributed by atoms with Gasteiger partial charge < -0.3 is 40.4 Å². The van der Waals surface area contributed by atoms with Gasteiger partial charge in [-0.05, 0) is 71.0 Å². The lowest BCUT2D eigenvalue weighted by atomic mass is 10.0. The average Bonchev–Trinajstić information content (AvgIpc) is 3.29. The van der Waals surface area contributed by atoms with E-state index < -0.39 is 12.2 Å². The summed E-state index contributed by atoms with van der Waals surface area (Å²) in [4.78, 5) is 56.9. The molecule has 0 bridgehead atoms. The van der Waals surface area contributed by atoms with Crippen LogP contribution in [-0.2, 0) is 33.8 Å². The number of aromatic nitrogens is 1. The largest absolute Gasteiger partial charge is 0.506 e. The lowest BCUT2D eigenvalue weighted by Gasteiger charge is -2.31. The van der Waals surface area contributed by atoms with E-state index in [1.807, 2.05) is 103 Å². The SMILES string of the molecule is CN(C(=O)CCN1CCC(OC(=O)Nc2ccccc2-c2ccccc2)CC1)c1ccc(CNC(=O)Cc2ccc(CNC[C@H](O)c3ccc(O)c4[nH]c(=O)ccc34)cc2)cc1. The minimum atomic E-state index is -0.862. The number of anilines is 2. The predicted molar refractivity (Wildman–Crippen MR) is 241 cm³/mol. The number of amides is 3. The summed E-state index contributed by atoms with van der Waals surface area (Å²) in [6, 6.07) is 38.9. The van der Waals surface area contributed by atoms with Crippen molar-refractivity contribution in [1.29, 1.82) is 0 Å². The van der Waals surface area contributed by atoms with Crippen molar-refractivity contribution in [3.8, 4) is 16.9 Å². The normalized spacial score (nSPS) is 13.6. The van der Waals surface area contributed by atoms with Crippen molar-refractivity contribution in [1.82, 2.24) is 20.5 Å². The first-order valence-corrected chi connectivity index (χ1v) is 20.9. The summed E-state index contributed by atoms with van der Waals surface area (Å²) in [5.41, 5.74) is 6.73. The first-order valence-electron chi connectivity index (χ1n) is 20.9. The second kappa shape index (κ2) is 20.6. The van der Waals surface area contributed by atoms with E-state index in [4.69, 9.17) is 4.74 Å². The molecule has 0 unspecified atom stereocenters. The average molecular weight is 837 g/mol. The quantitative estimate of drug-likeness (QED) is 0.0624. The molecule has 62 heavy (non-hydrogen) atoms. The summed E-state index contributed by atoms with van der Waals surface area (Å²) < 4.78 is 5.77. The number of nitrogens with one attached hydrogen (secondary N) is 4. The van der Waals surface area contributed by atoms with Gasteiger partial charge in [-0.2, -0.15) is 0 Å². The second-order valence-electron chi connectivity index (χ2n) is 15.6. The summed E-state index contributed by atoms with van der Waals surface area (Å²) in [5, 5.41) is 30.6. The number of phenolic OH excluding ortho intramolecular Hbond substituents is 1. The number of nitrogens with zero attached hydrogens (tertiary/aromatic N) is 2. The molecule has 1 fully saturated rings. The van der Waals surface area contributed by atoms with Gasteiger partial charge in [-0.25, -0.2) is 4.79 Å². The number of phenols is 1. The molecule has 0 saturated carbocycles. The van der Waals surface area contributed by atoms with E-state index in [1.54, 1.807) is 24.1 Å². The fraction of sp³-hybridized carbons (Fsp3) is 0.265. The van der Waals surface area contributed by atoms with E-state index in [-0.39, 0.29) is 42.2 Å². The molecule has 13 nitrogen and oxygen atoms in total. The molecule has 0 radical (unpaired) electrons. The Hall–Kier alpha value is -6.80. The molecule has 1 aromatic heterocycles. The van der Waals surface area contributed by atoms with Crippen molar-refractivity contribution in [2.75, 3.05) is 43.4 Å². The molecule has 6 N–H and O–H groups in total. The molecule has 7 rings (SSSR count). The molecule has 1 aliphatic heterocycles. The maximum atomic E-state index is 13.1. The van der Waals surface area contributed by atoms with Gasteiger partial charge in [0.15, 0.2) is 0 Å². The number of aliphatic hydroxyl groups excluding tert-OH is 1. The number of rotatable bonds is 16. The number of pyridine rings is 1. The number of piperidine rings is 1. The molecular formula is C49H52N6O7. The van der Waals surface area contributed by atoms with E-state index in [1.165, 1.54) is 12.1 Å². The van der Waals surface area contributed by atoms with E-state index in [0.717, 1.165) is 46.6 Å². The molecule has 0 aliphatic carbocycles. The lowest BCUT2D eigenvalue weighted by Crippen LogP contribution is -2.40. The topological polar surface area (TPSA) is 176 Å². The number of aromatic hydroxyl groups is 1. The van der Waals surface area contributed by atoms with Crippen LogP contribution in [0.15, 0.2) is 132 Å². The van der Waals surface area contributed by atoms with E-state index in [9.17, 15) is 29.4 Å². The molecule has 1 saturated heterocycles. The monoisotopic (exact) mass is 836 g/mol. The van der Waals surface area contributed by atoms with Crippen LogP contribution >= 0.6 is 0 Å². The summed E-state index contributed by atoms with van der Waals surface area (Å²) in [6.07, 6.45) is 0.458. The highest BCUT2D eigenvalue weighted by Crippen LogP contribution is 2.30. The molecule has 1 atom stereocenters. The van der Waals surface area contributed by atoms with Gasteiger partial charge in [0.1, 0.15) is 11.9 Å².